The zero-order chi connectivity index (χ0) is 13.5. The fourth-order valence-electron chi connectivity index (χ4n) is 1.28. The van der Waals surface area contributed by atoms with Crippen LogP contribution in [0.4, 0.5) is 11.4 Å². The lowest BCUT2D eigenvalue weighted by Crippen LogP contribution is -2.14. The van der Waals surface area contributed by atoms with Crippen molar-refractivity contribution < 1.29 is 14.3 Å². The molecule has 0 radical (unpaired) electrons. The number of anilines is 2. The van der Waals surface area contributed by atoms with Crippen molar-refractivity contribution in [1.82, 2.24) is 0 Å². The van der Waals surface area contributed by atoms with Gasteiger partial charge in [0.1, 0.15) is 0 Å². The number of carbonyl (C=O) groups is 2. The van der Waals surface area contributed by atoms with E-state index in [1.165, 1.54) is 0 Å². The highest BCUT2D eigenvalue weighted by Crippen LogP contribution is 2.22. The molecule has 18 heavy (non-hydrogen) atoms. The molecule has 3 N–H and O–H groups in total. The van der Waals surface area contributed by atoms with Gasteiger partial charge in [-0.25, -0.2) is 0 Å². The Bertz CT molecular complexity index is 449. The largest absolute Gasteiger partial charge is 0.466 e. The van der Waals surface area contributed by atoms with E-state index in [2.05, 4.69) is 5.32 Å². The highest BCUT2D eigenvalue weighted by atomic mass is 35.5. The number of halogens is 1. The lowest BCUT2D eigenvalue weighted by molar-refractivity contribution is -0.144. The fourth-order valence-corrected chi connectivity index (χ4v) is 1.46. The fraction of sp³-hybridized carbons (Fsp3) is 0.333. The maximum absolute atomic E-state index is 11.5. The predicted molar refractivity (Wildman–Crippen MR) is 70.4 cm³/mol. The van der Waals surface area contributed by atoms with Crippen LogP contribution in [0.1, 0.15) is 19.8 Å². The van der Waals surface area contributed by atoms with Crippen LogP contribution in [-0.2, 0) is 14.3 Å². The molecule has 1 amide bonds. The molecule has 0 saturated carbocycles. The van der Waals surface area contributed by atoms with Gasteiger partial charge in [-0.2, -0.15) is 0 Å². The van der Waals surface area contributed by atoms with Crippen molar-refractivity contribution in [3.8, 4) is 0 Å². The Morgan fingerprint density at radius 1 is 1.39 bits per heavy atom. The van der Waals surface area contributed by atoms with E-state index in [9.17, 15) is 9.59 Å². The normalized spacial score (nSPS) is 9.89. The maximum atomic E-state index is 11.5. The minimum Gasteiger partial charge on any atom is -0.466 e. The van der Waals surface area contributed by atoms with Crippen molar-refractivity contribution >= 4 is 34.9 Å². The van der Waals surface area contributed by atoms with Gasteiger partial charge in [0.15, 0.2) is 0 Å². The molecule has 0 aliphatic heterocycles. The van der Waals surface area contributed by atoms with Gasteiger partial charge in [-0.05, 0) is 25.1 Å². The van der Waals surface area contributed by atoms with Gasteiger partial charge in [0.2, 0.25) is 5.91 Å². The smallest absolute Gasteiger partial charge is 0.306 e. The average Bonchev–Trinajstić information content (AvgIpc) is 2.32. The lowest BCUT2D eigenvalue weighted by Gasteiger charge is -2.06. The van der Waals surface area contributed by atoms with Crippen molar-refractivity contribution in [2.45, 2.75) is 19.8 Å². The first kappa shape index (κ1) is 14.3. The van der Waals surface area contributed by atoms with Crippen LogP contribution in [0.15, 0.2) is 18.2 Å². The average molecular weight is 271 g/mol. The quantitative estimate of drug-likeness (QED) is 0.635. The molecule has 0 spiro atoms. The van der Waals surface area contributed by atoms with Crippen LogP contribution in [0.3, 0.4) is 0 Å². The summed E-state index contributed by atoms with van der Waals surface area (Å²) in [6.07, 6.45) is 0.128. The molecular weight excluding hydrogens is 256 g/mol. The third-order valence-electron chi connectivity index (χ3n) is 2.15. The van der Waals surface area contributed by atoms with Crippen molar-refractivity contribution in [2.24, 2.45) is 0 Å². The van der Waals surface area contributed by atoms with Gasteiger partial charge in [-0.3, -0.25) is 9.59 Å². The maximum Gasteiger partial charge on any atom is 0.306 e. The molecule has 98 valence electrons. The summed E-state index contributed by atoms with van der Waals surface area (Å²) in [6, 6.07) is 4.80. The molecule has 6 heteroatoms. The molecule has 1 aromatic carbocycles. The van der Waals surface area contributed by atoms with Gasteiger partial charge in [-0.1, -0.05) is 11.6 Å². The second kappa shape index (κ2) is 6.86. The van der Waals surface area contributed by atoms with E-state index >= 15 is 0 Å². The topological polar surface area (TPSA) is 81.4 Å². The Morgan fingerprint density at radius 2 is 2.11 bits per heavy atom. The van der Waals surface area contributed by atoms with Crippen LogP contribution < -0.4 is 11.1 Å². The molecule has 0 atom stereocenters. The van der Waals surface area contributed by atoms with E-state index in [1.54, 1.807) is 25.1 Å². The number of amides is 1. The Balaban J connectivity index is 2.44. The minimum absolute atomic E-state index is 0.0579. The van der Waals surface area contributed by atoms with Gasteiger partial charge < -0.3 is 15.8 Å². The van der Waals surface area contributed by atoms with Crippen molar-refractivity contribution in [2.75, 3.05) is 17.7 Å². The van der Waals surface area contributed by atoms with E-state index in [-0.39, 0.29) is 24.7 Å². The van der Waals surface area contributed by atoms with E-state index in [0.29, 0.717) is 23.0 Å². The summed E-state index contributed by atoms with van der Waals surface area (Å²) in [6.45, 7) is 2.03. The molecule has 0 bridgehead atoms. The van der Waals surface area contributed by atoms with Crippen molar-refractivity contribution in [3.63, 3.8) is 0 Å². The van der Waals surface area contributed by atoms with Crippen LogP contribution in [0, 0.1) is 0 Å². The molecule has 0 aromatic heterocycles. The van der Waals surface area contributed by atoms with Gasteiger partial charge in [0.25, 0.3) is 0 Å². The van der Waals surface area contributed by atoms with Gasteiger partial charge in [0.05, 0.1) is 23.7 Å². The number of esters is 1. The van der Waals surface area contributed by atoms with Crippen molar-refractivity contribution in [3.05, 3.63) is 23.2 Å². The highest BCUT2D eigenvalue weighted by Gasteiger charge is 2.08. The summed E-state index contributed by atoms with van der Waals surface area (Å²) < 4.78 is 4.72. The first-order chi connectivity index (χ1) is 8.52. The number of carbonyl (C=O) groups excluding carboxylic acids is 2. The number of rotatable bonds is 5. The number of nitrogens with one attached hydrogen (secondary N) is 1. The number of nitrogens with two attached hydrogens (primary N) is 1. The summed E-state index contributed by atoms with van der Waals surface area (Å²) in [7, 11) is 0. The third kappa shape index (κ3) is 4.63. The molecule has 5 nitrogen and oxygen atoms in total. The van der Waals surface area contributed by atoms with E-state index in [4.69, 9.17) is 22.1 Å². The van der Waals surface area contributed by atoms with Crippen LogP contribution in [0.2, 0.25) is 5.02 Å². The predicted octanol–water partition coefficient (Wildman–Crippen LogP) is 2.20. The van der Waals surface area contributed by atoms with Crippen LogP contribution in [0.25, 0.3) is 0 Å². The molecule has 0 heterocycles. The van der Waals surface area contributed by atoms with Gasteiger partial charge >= 0.3 is 5.97 Å². The van der Waals surface area contributed by atoms with E-state index in [1.807, 2.05) is 0 Å². The Labute approximate surface area is 110 Å². The summed E-state index contributed by atoms with van der Waals surface area (Å²) in [4.78, 5) is 22.6. The van der Waals surface area contributed by atoms with E-state index < -0.39 is 0 Å². The highest BCUT2D eigenvalue weighted by molar-refractivity contribution is 6.33. The standard InChI is InChI=1S/C12H15ClN2O3/c1-2-18-12(17)6-5-11(16)15-8-3-4-10(14)9(13)7-8/h3-4,7H,2,5-6,14H2,1H3,(H,15,16). The number of benzene rings is 1. The van der Waals surface area contributed by atoms with Crippen LogP contribution in [0.5, 0.6) is 0 Å². The minimum atomic E-state index is -0.386. The Morgan fingerprint density at radius 3 is 2.72 bits per heavy atom. The SMILES string of the molecule is CCOC(=O)CCC(=O)Nc1ccc(N)c(Cl)c1. The molecule has 1 rings (SSSR count). The first-order valence-electron chi connectivity index (χ1n) is 5.53. The second-order valence-electron chi connectivity index (χ2n) is 3.59. The number of nitrogen functional groups attached to an aromatic ring is 1. The summed E-state index contributed by atoms with van der Waals surface area (Å²) >= 11 is 5.82. The summed E-state index contributed by atoms with van der Waals surface area (Å²) in [5, 5.41) is 2.99. The molecule has 0 aliphatic rings. The Hall–Kier alpha value is -1.75. The number of ether oxygens (including phenoxy) is 1. The second-order valence-corrected chi connectivity index (χ2v) is 4.00. The number of hydrogen-bond donors (Lipinski definition) is 2. The van der Waals surface area contributed by atoms with Crippen LogP contribution >= 0.6 is 11.6 Å². The lowest BCUT2D eigenvalue weighted by atomic mass is 10.2. The monoisotopic (exact) mass is 270 g/mol. The molecule has 0 fully saturated rings. The summed E-state index contributed by atoms with van der Waals surface area (Å²) in [5.41, 5.74) is 6.54. The zero-order valence-electron chi connectivity index (χ0n) is 10.0. The molecular formula is C12H15ClN2O3. The van der Waals surface area contributed by atoms with Crippen molar-refractivity contribution in [1.29, 1.82) is 0 Å². The zero-order valence-corrected chi connectivity index (χ0v) is 10.8. The molecule has 1 aromatic rings. The number of hydrogen-bond acceptors (Lipinski definition) is 4. The summed E-state index contributed by atoms with van der Waals surface area (Å²) in [5.74, 6) is -0.660. The van der Waals surface area contributed by atoms with Gasteiger partial charge in [-0.15, -0.1) is 0 Å². The molecule has 0 aliphatic carbocycles. The van der Waals surface area contributed by atoms with Gasteiger partial charge in [0, 0.05) is 12.1 Å². The first-order valence-corrected chi connectivity index (χ1v) is 5.91. The van der Waals surface area contributed by atoms with E-state index in [0.717, 1.165) is 0 Å². The van der Waals surface area contributed by atoms with Crippen LogP contribution in [-0.4, -0.2) is 18.5 Å². The third-order valence-corrected chi connectivity index (χ3v) is 2.47. The molecule has 0 saturated heterocycles. The Kier molecular flexibility index (Phi) is 5.45. The molecule has 0 unspecified atom stereocenters.